The van der Waals surface area contributed by atoms with Crippen LogP contribution in [-0.4, -0.2) is 34.5 Å². The fraction of sp³-hybridized carbons (Fsp3) is 0.500. The summed E-state index contributed by atoms with van der Waals surface area (Å²) in [7, 11) is -1.92. The van der Waals surface area contributed by atoms with E-state index in [2.05, 4.69) is 26.1 Å². The van der Waals surface area contributed by atoms with Crippen molar-refractivity contribution in [1.82, 2.24) is 19.1 Å². The summed E-state index contributed by atoms with van der Waals surface area (Å²) in [5, 5.41) is 8.22. The third kappa shape index (κ3) is 2.67. The summed E-state index contributed by atoms with van der Waals surface area (Å²) in [6.45, 7) is 2.99. The molecule has 0 aliphatic carbocycles. The zero-order valence-corrected chi connectivity index (χ0v) is 14.9. The Kier molecular flexibility index (Phi) is 3.93. The molecule has 0 fully saturated rings. The highest BCUT2D eigenvalue weighted by molar-refractivity contribution is 9.11. The van der Waals surface area contributed by atoms with Crippen molar-refractivity contribution in [3.8, 4) is 0 Å². The minimum atomic E-state index is -3.49. The standard InChI is InChI=1S/C12H15BrN4O2S2/c1-8-6-11(20-12(8)13)21(18,19)16(2)7-10-15-14-9-4-3-5-17(9)10/h6H,3-5,7H2,1-2H3. The predicted octanol–water partition coefficient (Wildman–Crippen LogP) is 2.18. The molecule has 6 nitrogen and oxygen atoms in total. The molecule has 3 heterocycles. The summed E-state index contributed by atoms with van der Waals surface area (Å²) in [6, 6.07) is 1.69. The van der Waals surface area contributed by atoms with Gasteiger partial charge in [0.15, 0.2) is 0 Å². The van der Waals surface area contributed by atoms with Gasteiger partial charge in [-0.1, -0.05) is 0 Å². The number of hydrogen-bond donors (Lipinski definition) is 0. The average molecular weight is 391 g/mol. The first-order valence-corrected chi connectivity index (χ1v) is 9.58. The highest BCUT2D eigenvalue weighted by Crippen LogP contribution is 2.32. The molecule has 0 amide bonds. The number of fused-ring (bicyclic) bond motifs is 1. The van der Waals surface area contributed by atoms with E-state index in [1.165, 1.54) is 15.6 Å². The topological polar surface area (TPSA) is 68.1 Å². The molecule has 0 N–H and O–H groups in total. The second kappa shape index (κ2) is 5.45. The van der Waals surface area contributed by atoms with Gasteiger partial charge in [0, 0.05) is 20.0 Å². The van der Waals surface area contributed by atoms with Gasteiger partial charge >= 0.3 is 0 Å². The fourth-order valence-corrected chi connectivity index (χ4v) is 5.89. The van der Waals surface area contributed by atoms with Crippen molar-refractivity contribution in [3.05, 3.63) is 27.1 Å². The van der Waals surface area contributed by atoms with E-state index >= 15 is 0 Å². The maximum absolute atomic E-state index is 12.6. The van der Waals surface area contributed by atoms with Crippen molar-refractivity contribution < 1.29 is 8.42 Å². The second-order valence-corrected chi connectivity index (χ2v) is 9.71. The van der Waals surface area contributed by atoms with Crippen LogP contribution in [0.25, 0.3) is 0 Å². The molecule has 0 aromatic carbocycles. The molecule has 1 aliphatic heterocycles. The zero-order chi connectivity index (χ0) is 15.2. The van der Waals surface area contributed by atoms with Crippen molar-refractivity contribution in [3.63, 3.8) is 0 Å². The van der Waals surface area contributed by atoms with Crippen LogP contribution < -0.4 is 0 Å². The molecular formula is C12H15BrN4O2S2. The van der Waals surface area contributed by atoms with E-state index in [-0.39, 0.29) is 6.54 Å². The largest absolute Gasteiger partial charge is 0.314 e. The van der Waals surface area contributed by atoms with Crippen molar-refractivity contribution in [2.24, 2.45) is 0 Å². The molecule has 2 aromatic heterocycles. The van der Waals surface area contributed by atoms with Crippen molar-refractivity contribution in [1.29, 1.82) is 0 Å². The molecule has 0 unspecified atom stereocenters. The molecule has 0 saturated carbocycles. The van der Waals surface area contributed by atoms with Crippen LogP contribution >= 0.6 is 27.3 Å². The monoisotopic (exact) mass is 390 g/mol. The van der Waals surface area contributed by atoms with Crippen molar-refractivity contribution >= 4 is 37.3 Å². The van der Waals surface area contributed by atoms with Crippen LogP contribution in [0.4, 0.5) is 0 Å². The molecule has 9 heteroatoms. The molecule has 3 rings (SSSR count). The summed E-state index contributed by atoms with van der Waals surface area (Å²) in [5.41, 5.74) is 0.926. The van der Waals surface area contributed by atoms with Gasteiger partial charge in [0.05, 0.1) is 10.3 Å². The lowest BCUT2D eigenvalue weighted by atomic mass is 10.4. The van der Waals surface area contributed by atoms with Crippen LogP contribution in [0.3, 0.4) is 0 Å². The molecule has 0 spiro atoms. The number of aryl methyl sites for hydroxylation is 2. The molecule has 0 saturated heterocycles. The predicted molar refractivity (Wildman–Crippen MR) is 83.8 cm³/mol. The summed E-state index contributed by atoms with van der Waals surface area (Å²) < 4.78 is 29.7. The Morgan fingerprint density at radius 2 is 2.24 bits per heavy atom. The Morgan fingerprint density at radius 3 is 2.90 bits per heavy atom. The third-order valence-corrected chi connectivity index (χ3v) is 7.94. The molecule has 21 heavy (non-hydrogen) atoms. The van der Waals surface area contributed by atoms with Crippen LogP contribution in [0.1, 0.15) is 23.6 Å². The Balaban J connectivity index is 1.85. The second-order valence-electron chi connectivity index (χ2n) is 5.07. The van der Waals surface area contributed by atoms with Gasteiger partial charge in [0.1, 0.15) is 15.9 Å². The van der Waals surface area contributed by atoms with Gasteiger partial charge in [0.2, 0.25) is 0 Å². The van der Waals surface area contributed by atoms with Crippen LogP contribution in [0.15, 0.2) is 14.1 Å². The van der Waals surface area contributed by atoms with Crippen LogP contribution in [0.5, 0.6) is 0 Å². The first-order valence-electron chi connectivity index (χ1n) is 6.53. The number of aromatic nitrogens is 3. The van der Waals surface area contributed by atoms with Gasteiger partial charge in [-0.3, -0.25) is 0 Å². The van der Waals surface area contributed by atoms with E-state index in [0.29, 0.717) is 10.0 Å². The Bertz CT molecular complexity index is 762. The normalized spacial score (nSPS) is 14.9. The van der Waals surface area contributed by atoms with E-state index in [9.17, 15) is 8.42 Å². The maximum Gasteiger partial charge on any atom is 0.252 e. The van der Waals surface area contributed by atoms with Gasteiger partial charge in [-0.15, -0.1) is 21.5 Å². The summed E-state index contributed by atoms with van der Waals surface area (Å²) in [4.78, 5) is 0. The first kappa shape index (κ1) is 15.1. The number of thiophene rings is 1. The number of rotatable bonds is 4. The lowest BCUT2D eigenvalue weighted by molar-refractivity contribution is 0.448. The van der Waals surface area contributed by atoms with Crippen LogP contribution in [-0.2, 0) is 29.5 Å². The Labute approximate surface area is 136 Å². The van der Waals surface area contributed by atoms with E-state index in [4.69, 9.17) is 0 Å². The number of hydrogen-bond acceptors (Lipinski definition) is 5. The summed E-state index contributed by atoms with van der Waals surface area (Å²) in [5.74, 6) is 1.66. The van der Waals surface area contributed by atoms with E-state index in [0.717, 1.165) is 34.6 Å². The summed E-state index contributed by atoms with van der Waals surface area (Å²) >= 11 is 4.60. The molecule has 0 atom stereocenters. The third-order valence-electron chi connectivity index (χ3n) is 3.55. The average Bonchev–Trinajstić information content (AvgIpc) is 3.09. The van der Waals surface area contributed by atoms with Crippen LogP contribution in [0, 0.1) is 6.92 Å². The molecule has 0 bridgehead atoms. The zero-order valence-electron chi connectivity index (χ0n) is 11.7. The van der Waals surface area contributed by atoms with Gasteiger partial charge < -0.3 is 4.57 Å². The highest BCUT2D eigenvalue weighted by Gasteiger charge is 2.26. The lowest BCUT2D eigenvalue weighted by Crippen LogP contribution is -2.27. The van der Waals surface area contributed by atoms with Gasteiger partial charge in [-0.2, -0.15) is 4.31 Å². The Morgan fingerprint density at radius 1 is 1.48 bits per heavy atom. The Hall–Kier alpha value is -0.770. The molecule has 0 radical (unpaired) electrons. The minimum absolute atomic E-state index is 0.240. The molecule has 1 aliphatic rings. The molecule has 114 valence electrons. The number of halogens is 1. The fourth-order valence-electron chi connectivity index (χ4n) is 2.32. The quantitative estimate of drug-likeness (QED) is 0.801. The number of nitrogens with zero attached hydrogens (tertiary/aromatic N) is 4. The molecular weight excluding hydrogens is 376 g/mol. The highest BCUT2D eigenvalue weighted by atomic mass is 79.9. The van der Waals surface area contributed by atoms with Crippen LogP contribution in [0.2, 0.25) is 0 Å². The van der Waals surface area contributed by atoms with Gasteiger partial charge in [-0.25, -0.2) is 8.42 Å². The van der Waals surface area contributed by atoms with Crippen molar-refractivity contribution in [2.75, 3.05) is 7.05 Å². The summed E-state index contributed by atoms with van der Waals surface area (Å²) in [6.07, 6.45) is 1.96. The SMILES string of the molecule is Cc1cc(S(=O)(=O)N(C)Cc2nnc3n2CCC3)sc1Br. The lowest BCUT2D eigenvalue weighted by Gasteiger charge is -2.15. The van der Waals surface area contributed by atoms with Crippen molar-refractivity contribution in [2.45, 2.75) is 37.1 Å². The minimum Gasteiger partial charge on any atom is -0.314 e. The van der Waals surface area contributed by atoms with Gasteiger partial charge in [-0.05, 0) is 40.9 Å². The van der Waals surface area contributed by atoms with E-state index in [1.807, 2.05) is 11.5 Å². The number of sulfonamides is 1. The van der Waals surface area contributed by atoms with Gasteiger partial charge in [0.25, 0.3) is 10.0 Å². The smallest absolute Gasteiger partial charge is 0.252 e. The van der Waals surface area contributed by atoms with E-state index in [1.54, 1.807) is 13.1 Å². The maximum atomic E-state index is 12.6. The first-order chi connectivity index (χ1) is 9.89. The molecule has 2 aromatic rings. The van der Waals surface area contributed by atoms with E-state index < -0.39 is 10.0 Å².